The van der Waals surface area contributed by atoms with Gasteiger partial charge in [-0.15, -0.1) is 0 Å². The molecule has 1 heterocycles. The maximum atomic E-state index is 12.4. The minimum absolute atomic E-state index is 0.177. The van der Waals surface area contributed by atoms with E-state index in [1.54, 1.807) is 60.7 Å². The Balaban J connectivity index is 1.48. The normalized spacial score (nSPS) is 15.3. The molecule has 178 valence electrons. The molecule has 4 rings (SSSR count). The van der Waals surface area contributed by atoms with Gasteiger partial charge in [0, 0.05) is 4.47 Å². The van der Waals surface area contributed by atoms with Crippen molar-refractivity contribution < 1.29 is 24.2 Å². The number of ether oxygens (including phenoxy) is 2. The smallest absolute Gasteiger partial charge is 0.335 e. The number of halogens is 2. The van der Waals surface area contributed by atoms with Crippen molar-refractivity contribution in [2.75, 3.05) is 7.11 Å². The molecule has 0 aliphatic carbocycles. The first-order valence-electron chi connectivity index (χ1n) is 10.2. The second kappa shape index (κ2) is 11.0. The van der Waals surface area contributed by atoms with E-state index in [4.69, 9.17) is 26.2 Å². The number of aromatic carboxylic acids is 1. The number of carbonyl (C=O) groups excluding carboxylic acids is 1. The van der Waals surface area contributed by atoms with Gasteiger partial charge >= 0.3 is 5.97 Å². The van der Waals surface area contributed by atoms with Gasteiger partial charge in [-0.2, -0.15) is 0 Å². The largest absolute Gasteiger partial charge is 0.493 e. The topological polar surface area (TPSA) is 97.2 Å². The van der Waals surface area contributed by atoms with E-state index in [0.717, 1.165) is 15.6 Å². The Morgan fingerprint density at radius 2 is 2.00 bits per heavy atom. The summed E-state index contributed by atoms with van der Waals surface area (Å²) in [5, 5.41) is 12.9. The molecule has 0 radical (unpaired) electrons. The van der Waals surface area contributed by atoms with Crippen molar-refractivity contribution in [3.63, 3.8) is 0 Å². The lowest BCUT2D eigenvalue weighted by molar-refractivity contribution is -0.115. The number of aliphatic imine (C=N–C) groups is 1. The number of nitrogens with zero attached hydrogens (tertiary/aromatic N) is 1. The summed E-state index contributed by atoms with van der Waals surface area (Å²) in [5.74, 6) is -0.275. The number of amides is 1. The van der Waals surface area contributed by atoms with Crippen LogP contribution in [-0.2, 0) is 11.4 Å². The Morgan fingerprint density at radius 1 is 1.17 bits per heavy atom. The van der Waals surface area contributed by atoms with Gasteiger partial charge in [-0.05, 0) is 87.4 Å². The van der Waals surface area contributed by atoms with Gasteiger partial charge in [0.15, 0.2) is 16.7 Å². The Labute approximate surface area is 218 Å². The molecular weight excluding hydrogens is 556 g/mol. The maximum absolute atomic E-state index is 12.4. The first kappa shape index (κ1) is 24.8. The molecule has 1 aliphatic rings. The summed E-state index contributed by atoms with van der Waals surface area (Å²) in [6.45, 7) is 0.177. The van der Waals surface area contributed by atoms with Crippen LogP contribution in [0.1, 0.15) is 21.5 Å². The second-order valence-electron chi connectivity index (χ2n) is 7.28. The van der Waals surface area contributed by atoms with Crippen molar-refractivity contribution in [3.05, 3.63) is 91.8 Å². The van der Waals surface area contributed by atoms with E-state index in [1.165, 1.54) is 24.9 Å². The second-order valence-corrected chi connectivity index (χ2v) is 9.58. The van der Waals surface area contributed by atoms with Crippen molar-refractivity contribution in [2.45, 2.75) is 6.61 Å². The molecule has 1 aliphatic heterocycles. The molecule has 1 fully saturated rings. The van der Waals surface area contributed by atoms with Gasteiger partial charge in [0.1, 0.15) is 6.61 Å². The lowest BCUT2D eigenvalue weighted by atomic mass is 10.1. The summed E-state index contributed by atoms with van der Waals surface area (Å²) < 4.78 is 12.1. The highest BCUT2D eigenvalue weighted by Crippen LogP contribution is 2.33. The number of methoxy groups -OCH3 is 1. The number of benzene rings is 3. The van der Waals surface area contributed by atoms with Crippen LogP contribution in [0.25, 0.3) is 6.08 Å². The third-order valence-corrected chi connectivity index (χ3v) is 6.98. The van der Waals surface area contributed by atoms with E-state index < -0.39 is 5.97 Å². The lowest BCUT2D eigenvalue weighted by Gasteiger charge is -2.12. The van der Waals surface area contributed by atoms with Crippen LogP contribution in [-0.4, -0.2) is 29.3 Å². The average molecular weight is 574 g/mol. The number of hydrogen-bond donors (Lipinski definition) is 2. The first-order valence-corrected chi connectivity index (χ1v) is 12.2. The monoisotopic (exact) mass is 572 g/mol. The van der Waals surface area contributed by atoms with Crippen LogP contribution in [0, 0.1) is 0 Å². The van der Waals surface area contributed by atoms with Crippen LogP contribution >= 0.6 is 39.3 Å². The van der Waals surface area contributed by atoms with Gasteiger partial charge < -0.3 is 19.9 Å². The molecule has 0 atom stereocenters. The third kappa shape index (κ3) is 6.25. The summed E-state index contributed by atoms with van der Waals surface area (Å²) in [6, 6.07) is 17.1. The Bertz CT molecular complexity index is 1380. The highest BCUT2D eigenvalue weighted by molar-refractivity contribution is 9.10. The van der Waals surface area contributed by atoms with E-state index in [0.29, 0.717) is 32.3 Å². The standard InChI is InChI=1S/C25H18BrClN2O5S/c1-33-21-10-14(5-8-20(21)34-13-15-3-2-4-16(9-15)24(31)32)11-22-23(30)29-25(35-22)28-17-6-7-18(26)19(27)12-17/h2-12H,13H2,1H3,(H,31,32)(H,28,29,30)/b22-11-. The van der Waals surface area contributed by atoms with Crippen molar-refractivity contribution in [1.82, 2.24) is 5.32 Å². The molecule has 0 bridgehead atoms. The van der Waals surface area contributed by atoms with Crippen LogP contribution in [0.5, 0.6) is 11.5 Å². The summed E-state index contributed by atoms with van der Waals surface area (Å²) in [5.41, 5.74) is 2.28. The molecule has 1 saturated heterocycles. The van der Waals surface area contributed by atoms with Crippen LogP contribution in [0.3, 0.4) is 0 Å². The zero-order valence-corrected chi connectivity index (χ0v) is 21.4. The zero-order chi connectivity index (χ0) is 24.9. The predicted octanol–water partition coefficient (Wildman–Crippen LogP) is 6.28. The third-order valence-electron chi connectivity index (χ3n) is 4.84. The number of carbonyl (C=O) groups is 2. The zero-order valence-electron chi connectivity index (χ0n) is 18.2. The maximum Gasteiger partial charge on any atom is 0.335 e. The van der Waals surface area contributed by atoms with Crippen LogP contribution < -0.4 is 14.8 Å². The van der Waals surface area contributed by atoms with Crippen LogP contribution in [0.15, 0.2) is 75.0 Å². The molecule has 10 heteroatoms. The number of carboxylic acids is 1. The summed E-state index contributed by atoms with van der Waals surface area (Å²) in [7, 11) is 1.52. The van der Waals surface area contributed by atoms with E-state index in [9.17, 15) is 9.59 Å². The molecule has 0 saturated carbocycles. The lowest BCUT2D eigenvalue weighted by Crippen LogP contribution is -2.19. The van der Waals surface area contributed by atoms with Gasteiger partial charge in [-0.1, -0.05) is 29.8 Å². The minimum Gasteiger partial charge on any atom is -0.493 e. The van der Waals surface area contributed by atoms with Crippen LogP contribution in [0.2, 0.25) is 5.02 Å². The van der Waals surface area contributed by atoms with Crippen molar-refractivity contribution >= 4 is 68.1 Å². The van der Waals surface area contributed by atoms with Gasteiger partial charge in [0.25, 0.3) is 5.91 Å². The number of nitrogens with one attached hydrogen (secondary N) is 1. The van der Waals surface area contributed by atoms with E-state index in [1.807, 2.05) is 0 Å². The molecule has 7 nitrogen and oxygen atoms in total. The molecule has 3 aromatic rings. The van der Waals surface area contributed by atoms with Crippen molar-refractivity contribution in [3.8, 4) is 11.5 Å². The van der Waals surface area contributed by atoms with Gasteiger partial charge in [0.2, 0.25) is 0 Å². The van der Waals surface area contributed by atoms with E-state index in [-0.39, 0.29) is 18.1 Å². The molecule has 0 unspecified atom stereocenters. The Morgan fingerprint density at radius 3 is 2.74 bits per heavy atom. The summed E-state index contributed by atoms with van der Waals surface area (Å²) >= 11 is 10.7. The molecule has 35 heavy (non-hydrogen) atoms. The average Bonchev–Trinajstić information content (AvgIpc) is 3.18. The predicted molar refractivity (Wildman–Crippen MR) is 141 cm³/mol. The number of carboxylic acid groups (broad SMARTS) is 1. The number of thioether (sulfide) groups is 1. The van der Waals surface area contributed by atoms with Gasteiger partial charge in [-0.3, -0.25) is 4.79 Å². The summed E-state index contributed by atoms with van der Waals surface area (Å²) in [4.78, 5) is 28.5. The quantitative estimate of drug-likeness (QED) is 0.323. The first-order chi connectivity index (χ1) is 16.8. The fraction of sp³-hybridized carbons (Fsp3) is 0.0800. The number of amidine groups is 1. The molecule has 2 N–H and O–H groups in total. The number of rotatable bonds is 7. The molecule has 0 spiro atoms. The SMILES string of the molecule is COc1cc(/C=C2\SC(=Nc3ccc(Br)c(Cl)c3)NC2=O)ccc1OCc1cccc(C(=O)O)c1. The minimum atomic E-state index is -0.996. The number of hydrogen-bond acceptors (Lipinski definition) is 6. The molecular formula is C25H18BrClN2O5S. The van der Waals surface area contributed by atoms with Gasteiger partial charge in [-0.25, -0.2) is 9.79 Å². The van der Waals surface area contributed by atoms with E-state index >= 15 is 0 Å². The molecule has 1 amide bonds. The fourth-order valence-electron chi connectivity index (χ4n) is 3.15. The van der Waals surface area contributed by atoms with Crippen LogP contribution in [0.4, 0.5) is 5.69 Å². The highest BCUT2D eigenvalue weighted by atomic mass is 79.9. The summed E-state index contributed by atoms with van der Waals surface area (Å²) in [6.07, 6.45) is 1.74. The molecule has 3 aromatic carbocycles. The highest BCUT2D eigenvalue weighted by Gasteiger charge is 2.24. The van der Waals surface area contributed by atoms with E-state index in [2.05, 4.69) is 26.2 Å². The fourth-order valence-corrected chi connectivity index (χ4v) is 4.42. The Hall–Kier alpha value is -3.27. The van der Waals surface area contributed by atoms with Crippen molar-refractivity contribution in [1.29, 1.82) is 0 Å². The van der Waals surface area contributed by atoms with Crippen molar-refractivity contribution in [2.24, 2.45) is 4.99 Å². The Kier molecular flexibility index (Phi) is 7.80. The van der Waals surface area contributed by atoms with Gasteiger partial charge in [0.05, 0.1) is 28.3 Å². The molecule has 0 aromatic heterocycles.